The molecule has 2 aromatic carbocycles. The number of piperazine rings is 1. The second-order valence-electron chi connectivity index (χ2n) is 11.4. The topological polar surface area (TPSA) is 94.5 Å². The number of phenolic OH excluding ortho intramolecular Hbond substituents is 1. The minimum absolute atomic E-state index is 0.0773. The standard InChI is InChI=1S/C32H40N6O4/c1-23(20-36-11-8-26(21-36)41-2)42-32-33-29-22-38(30-19-25(40)18-24-6-3-4-7-27(24)30)12-9-28(29)31(34-32)37-15-13-35(14-16-37)10-5-17-39/h3-7,10,17-19,23,26,40H,8-9,11-16,20-22H2,1-2H3/t23-,26+/m1/s1. The molecular formula is C32H40N6O4. The third-order valence-corrected chi connectivity index (χ3v) is 8.56. The van der Waals surface area contributed by atoms with Gasteiger partial charge in [0.2, 0.25) is 0 Å². The van der Waals surface area contributed by atoms with Crippen molar-refractivity contribution in [1.82, 2.24) is 19.8 Å². The molecule has 10 nitrogen and oxygen atoms in total. The van der Waals surface area contributed by atoms with Gasteiger partial charge in [0.25, 0.3) is 0 Å². The summed E-state index contributed by atoms with van der Waals surface area (Å²) < 4.78 is 11.9. The zero-order valence-corrected chi connectivity index (χ0v) is 24.5. The third kappa shape index (κ3) is 6.15. The van der Waals surface area contributed by atoms with E-state index in [-0.39, 0.29) is 18.0 Å². The van der Waals surface area contributed by atoms with Crippen molar-refractivity contribution < 1.29 is 19.4 Å². The first-order valence-electron chi connectivity index (χ1n) is 14.9. The van der Waals surface area contributed by atoms with E-state index in [4.69, 9.17) is 19.4 Å². The highest BCUT2D eigenvalue weighted by atomic mass is 16.5. The van der Waals surface area contributed by atoms with E-state index in [1.54, 1.807) is 13.2 Å². The van der Waals surface area contributed by atoms with Crippen LogP contribution >= 0.6 is 0 Å². The van der Waals surface area contributed by atoms with Crippen molar-refractivity contribution in [2.75, 3.05) is 69.3 Å². The first-order chi connectivity index (χ1) is 20.5. The minimum Gasteiger partial charge on any atom is -0.508 e. The normalized spacial score (nSPS) is 20.3. The maximum atomic E-state index is 10.8. The summed E-state index contributed by atoms with van der Waals surface area (Å²) in [5.74, 6) is 1.21. The van der Waals surface area contributed by atoms with E-state index in [9.17, 15) is 9.90 Å². The number of methoxy groups -OCH3 is 1. The second-order valence-corrected chi connectivity index (χ2v) is 11.4. The monoisotopic (exact) mass is 572 g/mol. The van der Waals surface area contributed by atoms with E-state index >= 15 is 0 Å². The fourth-order valence-electron chi connectivity index (χ4n) is 6.42. The summed E-state index contributed by atoms with van der Waals surface area (Å²) in [5.41, 5.74) is 3.13. The van der Waals surface area contributed by atoms with Gasteiger partial charge < -0.3 is 29.3 Å². The fraction of sp³-hybridized carbons (Fsp3) is 0.469. The van der Waals surface area contributed by atoms with E-state index in [1.165, 1.54) is 0 Å². The van der Waals surface area contributed by atoms with Gasteiger partial charge in [0.1, 0.15) is 24.0 Å². The molecule has 2 saturated heterocycles. The van der Waals surface area contributed by atoms with Gasteiger partial charge in [0.15, 0.2) is 0 Å². The number of hydrogen-bond donors (Lipinski definition) is 1. The van der Waals surface area contributed by atoms with Crippen LogP contribution in [0.2, 0.25) is 0 Å². The fourth-order valence-corrected chi connectivity index (χ4v) is 6.42. The van der Waals surface area contributed by atoms with Gasteiger partial charge in [-0.2, -0.15) is 9.97 Å². The van der Waals surface area contributed by atoms with Gasteiger partial charge in [-0.1, -0.05) is 24.3 Å². The van der Waals surface area contributed by atoms with Crippen LogP contribution in [0.4, 0.5) is 11.5 Å². The molecule has 0 aliphatic carbocycles. The number of ether oxygens (including phenoxy) is 2. The SMILES string of the molecule is CO[C@H]1CCN(C[C@@H](C)Oc2nc3c(c(N4CCN(C=CC=O)CC4)n2)CCN(c2cc(O)cc4ccccc24)C3)C1. The lowest BCUT2D eigenvalue weighted by Crippen LogP contribution is -2.45. The Labute approximate surface area is 247 Å². The van der Waals surface area contributed by atoms with E-state index in [2.05, 4.69) is 32.6 Å². The number of aromatic nitrogens is 2. The first kappa shape index (κ1) is 28.2. The van der Waals surface area contributed by atoms with Crippen molar-refractivity contribution in [2.24, 2.45) is 0 Å². The number of carbonyl (C=O) groups is 1. The van der Waals surface area contributed by atoms with Gasteiger partial charge in [-0.05, 0) is 37.3 Å². The van der Waals surface area contributed by atoms with E-state index in [0.717, 1.165) is 105 Å². The molecule has 6 rings (SSSR count). The van der Waals surface area contributed by atoms with Crippen molar-refractivity contribution in [3.63, 3.8) is 0 Å². The maximum absolute atomic E-state index is 10.8. The summed E-state index contributed by atoms with van der Waals surface area (Å²) in [6, 6.07) is 12.2. The molecule has 222 valence electrons. The molecule has 0 saturated carbocycles. The van der Waals surface area contributed by atoms with E-state index in [0.29, 0.717) is 12.6 Å². The zero-order chi connectivity index (χ0) is 29.1. The molecule has 10 heteroatoms. The summed E-state index contributed by atoms with van der Waals surface area (Å²) in [4.78, 5) is 29.9. The molecule has 1 aromatic heterocycles. The second kappa shape index (κ2) is 12.5. The van der Waals surface area contributed by atoms with Crippen LogP contribution in [-0.2, 0) is 22.5 Å². The molecule has 0 spiro atoms. The number of carbonyl (C=O) groups excluding carboxylic acids is 1. The van der Waals surface area contributed by atoms with Crippen molar-refractivity contribution in [2.45, 2.75) is 38.5 Å². The minimum atomic E-state index is -0.0773. The van der Waals surface area contributed by atoms with E-state index < -0.39 is 0 Å². The van der Waals surface area contributed by atoms with Gasteiger partial charge in [-0.15, -0.1) is 0 Å². The molecule has 4 heterocycles. The number of allylic oxidation sites excluding steroid dienone is 1. The average Bonchev–Trinajstić information content (AvgIpc) is 3.46. The summed E-state index contributed by atoms with van der Waals surface area (Å²) >= 11 is 0. The Morgan fingerprint density at radius 2 is 1.90 bits per heavy atom. The summed E-state index contributed by atoms with van der Waals surface area (Å²) in [5, 5.41) is 12.6. The van der Waals surface area contributed by atoms with Crippen LogP contribution in [0.3, 0.4) is 0 Å². The number of hydrogen-bond acceptors (Lipinski definition) is 10. The quantitative estimate of drug-likeness (QED) is 0.304. The number of fused-ring (bicyclic) bond motifs is 2. The molecule has 1 N–H and O–H groups in total. The first-order valence-corrected chi connectivity index (χ1v) is 14.9. The van der Waals surface area contributed by atoms with Crippen LogP contribution in [-0.4, -0.2) is 103 Å². The van der Waals surface area contributed by atoms with Crippen LogP contribution in [0.25, 0.3) is 10.8 Å². The predicted molar refractivity (Wildman–Crippen MR) is 163 cm³/mol. The number of aldehydes is 1. The predicted octanol–water partition coefficient (Wildman–Crippen LogP) is 3.22. The Balaban J connectivity index is 1.27. The molecule has 0 radical (unpaired) electrons. The van der Waals surface area contributed by atoms with Crippen LogP contribution in [0.15, 0.2) is 48.7 Å². The smallest absolute Gasteiger partial charge is 0.318 e. The lowest BCUT2D eigenvalue weighted by atomic mass is 10.0. The van der Waals surface area contributed by atoms with Crippen molar-refractivity contribution in [3.8, 4) is 11.8 Å². The van der Waals surface area contributed by atoms with Gasteiger partial charge >= 0.3 is 6.01 Å². The highest BCUT2D eigenvalue weighted by Gasteiger charge is 2.29. The molecule has 3 aliphatic heterocycles. The Hall–Kier alpha value is -3.89. The molecule has 3 aliphatic rings. The maximum Gasteiger partial charge on any atom is 0.318 e. The Morgan fingerprint density at radius 3 is 2.69 bits per heavy atom. The molecule has 42 heavy (non-hydrogen) atoms. The lowest BCUT2D eigenvalue weighted by molar-refractivity contribution is -0.104. The average molecular weight is 573 g/mol. The Kier molecular flexibility index (Phi) is 8.43. The number of anilines is 2. The largest absolute Gasteiger partial charge is 0.508 e. The van der Waals surface area contributed by atoms with Crippen molar-refractivity contribution in [3.05, 3.63) is 59.9 Å². The number of aromatic hydroxyl groups is 1. The summed E-state index contributed by atoms with van der Waals surface area (Å²) in [7, 11) is 1.78. The molecule has 0 unspecified atom stereocenters. The Bertz CT molecular complexity index is 1440. The highest BCUT2D eigenvalue weighted by Crippen LogP contribution is 2.36. The molecule has 3 aromatic rings. The molecular weight excluding hydrogens is 532 g/mol. The van der Waals surface area contributed by atoms with Gasteiger partial charge in [-0.3, -0.25) is 9.69 Å². The lowest BCUT2D eigenvalue weighted by Gasteiger charge is -2.38. The number of phenols is 1. The number of nitrogens with zero attached hydrogens (tertiary/aromatic N) is 6. The van der Waals surface area contributed by atoms with E-state index in [1.807, 2.05) is 36.5 Å². The van der Waals surface area contributed by atoms with Crippen molar-refractivity contribution in [1.29, 1.82) is 0 Å². The molecule has 2 fully saturated rings. The zero-order valence-electron chi connectivity index (χ0n) is 24.5. The van der Waals surface area contributed by atoms with Gasteiger partial charge in [0, 0.05) is 88.4 Å². The van der Waals surface area contributed by atoms with Gasteiger partial charge in [-0.25, -0.2) is 0 Å². The highest BCUT2D eigenvalue weighted by molar-refractivity contribution is 5.95. The number of likely N-dealkylation sites (tertiary alicyclic amines) is 1. The van der Waals surface area contributed by atoms with Crippen LogP contribution in [0.1, 0.15) is 24.6 Å². The molecule has 0 bridgehead atoms. The third-order valence-electron chi connectivity index (χ3n) is 8.56. The Morgan fingerprint density at radius 1 is 1.07 bits per heavy atom. The van der Waals surface area contributed by atoms with Crippen LogP contribution in [0.5, 0.6) is 11.8 Å². The molecule has 0 amide bonds. The summed E-state index contributed by atoms with van der Waals surface area (Å²) in [6.07, 6.45) is 6.26. The van der Waals surface area contributed by atoms with Gasteiger partial charge in [0.05, 0.1) is 18.3 Å². The number of rotatable bonds is 9. The van der Waals surface area contributed by atoms with Crippen LogP contribution < -0.4 is 14.5 Å². The molecule has 2 atom stereocenters. The van der Waals surface area contributed by atoms with Crippen LogP contribution in [0, 0.1) is 0 Å². The number of benzene rings is 2. The summed E-state index contributed by atoms with van der Waals surface area (Å²) in [6.45, 7) is 9.40. The van der Waals surface area contributed by atoms with Crippen molar-refractivity contribution >= 4 is 28.6 Å².